The second-order valence-corrected chi connectivity index (χ2v) is 10.4. The van der Waals surface area contributed by atoms with Gasteiger partial charge in [0.15, 0.2) is 0 Å². The van der Waals surface area contributed by atoms with Crippen LogP contribution < -0.4 is 10.0 Å². The maximum Gasteiger partial charge on any atom is 0.244 e. The number of nitrogens with zero attached hydrogens (tertiary/aromatic N) is 2. The molecular weight excluding hydrogens is 459 g/mol. The van der Waals surface area contributed by atoms with Crippen LogP contribution in [0.3, 0.4) is 0 Å². The molecule has 1 fully saturated rings. The summed E-state index contributed by atoms with van der Waals surface area (Å²) in [6.45, 7) is 1.94. The van der Waals surface area contributed by atoms with E-state index in [0.29, 0.717) is 31.6 Å². The first kappa shape index (κ1) is 26.1. The standard InChI is InChI=1S/C24H33FN4O4S/c1-18(24(31)29-13-9-19(7-11-25)10-14-29)28-34(32,33)23-16-26-12-8-22(23)27-21(17-30)15-20-5-3-2-4-6-20/h2-6,8,12,16,18-19,21,28,30H,7,9-11,13-15,17H2,1H3,(H,26,27)/t18-,21-/m0/s1. The second-order valence-electron chi connectivity index (χ2n) is 8.67. The monoisotopic (exact) mass is 492 g/mol. The minimum Gasteiger partial charge on any atom is -0.394 e. The van der Waals surface area contributed by atoms with Gasteiger partial charge in [-0.25, -0.2) is 8.42 Å². The Kier molecular flexibility index (Phi) is 9.37. The molecule has 1 aliphatic heterocycles. The van der Waals surface area contributed by atoms with Gasteiger partial charge in [0.25, 0.3) is 0 Å². The van der Waals surface area contributed by atoms with Gasteiger partial charge in [0.05, 0.1) is 31.1 Å². The molecule has 3 N–H and O–H groups in total. The van der Waals surface area contributed by atoms with Crippen LogP contribution >= 0.6 is 0 Å². The Morgan fingerprint density at radius 1 is 1.24 bits per heavy atom. The van der Waals surface area contributed by atoms with Crippen molar-refractivity contribution < 1.29 is 22.7 Å². The third-order valence-electron chi connectivity index (χ3n) is 6.12. The zero-order valence-electron chi connectivity index (χ0n) is 19.4. The summed E-state index contributed by atoms with van der Waals surface area (Å²) in [7, 11) is -4.07. The van der Waals surface area contributed by atoms with Crippen molar-refractivity contribution in [2.75, 3.05) is 31.7 Å². The molecule has 0 spiro atoms. The number of aliphatic hydroxyl groups excluding tert-OH is 1. The molecule has 0 aliphatic carbocycles. The predicted molar refractivity (Wildman–Crippen MR) is 129 cm³/mol. The van der Waals surface area contributed by atoms with Crippen LogP contribution in [0.1, 0.15) is 31.7 Å². The van der Waals surface area contributed by atoms with E-state index in [9.17, 15) is 22.7 Å². The van der Waals surface area contributed by atoms with Gasteiger partial charge >= 0.3 is 0 Å². The van der Waals surface area contributed by atoms with Gasteiger partial charge in [0.2, 0.25) is 15.9 Å². The van der Waals surface area contributed by atoms with Crippen molar-refractivity contribution in [3.05, 3.63) is 54.4 Å². The number of hydrogen-bond acceptors (Lipinski definition) is 6. The summed E-state index contributed by atoms with van der Waals surface area (Å²) >= 11 is 0. The third-order valence-corrected chi connectivity index (χ3v) is 7.69. The fourth-order valence-electron chi connectivity index (χ4n) is 4.21. The predicted octanol–water partition coefficient (Wildman–Crippen LogP) is 2.36. The van der Waals surface area contributed by atoms with Crippen LogP contribution in [0.5, 0.6) is 0 Å². The van der Waals surface area contributed by atoms with Crippen LogP contribution in [0, 0.1) is 5.92 Å². The number of piperidine rings is 1. The average molecular weight is 493 g/mol. The van der Waals surface area contributed by atoms with Gasteiger partial charge in [-0.1, -0.05) is 30.3 Å². The molecule has 2 heterocycles. The average Bonchev–Trinajstić information content (AvgIpc) is 2.84. The molecule has 3 rings (SSSR count). The van der Waals surface area contributed by atoms with E-state index in [0.717, 1.165) is 18.4 Å². The first-order chi connectivity index (χ1) is 16.3. The smallest absolute Gasteiger partial charge is 0.244 e. The molecule has 0 radical (unpaired) electrons. The molecule has 1 aliphatic rings. The molecule has 1 saturated heterocycles. The van der Waals surface area contributed by atoms with Crippen molar-refractivity contribution in [3.63, 3.8) is 0 Å². The van der Waals surface area contributed by atoms with Crippen molar-refractivity contribution >= 4 is 21.6 Å². The van der Waals surface area contributed by atoms with E-state index in [1.54, 1.807) is 4.90 Å². The molecular formula is C24H33FN4O4S. The van der Waals surface area contributed by atoms with Crippen molar-refractivity contribution in [1.29, 1.82) is 0 Å². The van der Waals surface area contributed by atoms with Gasteiger partial charge < -0.3 is 15.3 Å². The topological polar surface area (TPSA) is 112 Å². The zero-order valence-corrected chi connectivity index (χ0v) is 20.2. The van der Waals surface area contributed by atoms with Gasteiger partial charge in [0.1, 0.15) is 4.90 Å². The highest BCUT2D eigenvalue weighted by Gasteiger charge is 2.30. The third kappa shape index (κ3) is 6.97. The number of carbonyl (C=O) groups excluding carboxylic acids is 1. The Labute approximate surface area is 200 Å². The highest BCUT2D eigenvalue weighted by Crippen LogP contribution is 2.23. The number of hydrogen-bond donors (Lipinski definition) is 3. The summed E-state index contributed by atoms with van der Waals surface area (Å²) in [5.74, 6) is -0.0431. The van der Waals surface area contributed by atoms with Crippen molar-refractivity contribution in [3.8, 4) is 0 Å². The van der Waals surface area contributed by atoms with E-state index in [-0.39, 0.29) is 30.0 Å². The number of nitrogens with one attached hydrogen (secondary N) is 2. The number of aliphatic hydroxyl groups is 1. The van der Waals surface area contributed by atoms with Crippen LogP contribution in [-0.4, -0.2) is 67.8 Å². The number of anilines is 1. The Hall–Kier alpha value is -2.56. The summed E-state index contributed by atoms with van der Waals surface area (Å²) < 4.78 is 41.3. The number of sulfonamides is 1. The van der Waals surface area contributed by atoms with Crippen LogP contribution in [0.25, 0.3) is 0 Å². The number of amides is 1. The Morgan fingerprint density at radius 3 is 2.59 bits per heavy atom. The molecule has 1 amide bonds. The molecule has 186 valence electrons. The SMILES string of the molecule is C[C@H](NS(=O)(=O)c1cnccc1N[C@H](CO)Cc1ccccc1)C(=O)N1CCC(CCF)CC1. The summed E-state index contributed by atoms with van der Waals surface area (Å²) in [6.07, 6.45) is 5.13. The lowest BCUT2D eigenvalue weighted by Gasteiger charge is -2.33. The van der Waals surface area contributed by atoms with E-state index in [2.05, 4.69) is 15.0 Å². The molecule has 1 aromatic carbocycles. The molecule has 0 saturated carbocycles. The number of pyridine rings is 1. The first-order valence-corrected chi connectivity index (χ1v) is 13.0. The second kappa shape index (κ2) is 12.2. The molecule has 1 aromatic heterocycles. The maximum atomic E-state index is 13.2. The Balaban J connectivity index is 1.67. The van der Waals surface area contributed by atoms with Gasteiger partial charge in [-0.15, -0.1) is 0 Å². The maximum absolute atomic E-state index is 13.2. The molecule has 0 bridgehead atoms. The molecule has 10 heteroatoms. The van der Waals surface area contributed by atoms with E-state index in [4.69, 9.17) is 0 Å². The van der Waals surface area contributed by atoms with E-state index in [1.165, 1.54) is 25.4 Å². The number of benzene rings is 1. The lowest BCUT2D eigenvalue weighted by atomic mass is 9.94. The quantitative estimate of drug-likeness (QED) is 0.444. The van der Waals surface area contributed by atoms with Crippen molar-refractivity contribution in [2.45, 2.75) is 49.6 Å². The Bertz CT molecular complexity index is 1030. The largest absolute Gasteiger partial charge is 0.394 e. The summed E-state index contributed by atoms with van der Waals surface area (Å²) in [5, 5.41) is 12.9. The summed E-state index contributed by atoms with van der Waals surface area (Å²) in [6, 6.07) is 9.73. The summed E-state index contributed by atoms with van der Waals surface area (Å²) in [5.41, 5.74) is 1.30. The lowest BCUT2D eigenvalue weighted by molar-refractivity contribution is -0.134. The molecule has 2 aromatic rings. The fraction of sp³-hybridized carbons (Fsp3) is 0.500. The highest BCUT2D eigenvalue weighted by molar-refractivity contribution is 7.89. The number of halogens is 1. The van der Waals surface area contributed by atoms with Gasteiger partial charge in [0, 0.05) is 25.5 Å². The fourth-order valence-corrected chi connectivity index (χ4v) is 5.52. The lowest BCUT2D eigenvalue weighted by Crippen LogP contribution is -2.49. The van der Waals surface area contributed by atoms with Crippen molar-refractivity contribution in [1.82, 2.24) is 14.6 Å². The first-order valence-electron chi connectivity index (χ1n) is 11.6. The number of rotatable bonds is 11. The number of alkyl halides is 1. The minimum atomic E-state index is -4.07. The number of carbonyl (C=O) groups is 1. The molecule has 0 unspecified atom stereocenters. The van der Waals surface area contributed by atoms with Crippen LogP contribution in [0.15, 0.2) is 53.7 Å². The highest BCUT2D eigenvalue weighted by atomic mass is 32.2. The van der Waals surface area contributed by atoms with Crippen molar-refractivity contribution in [2.24, 2.45) is 5.92 Å². The molecule has 2 atom stereocenters. The van der Waals surface area contributed by atoms with Crippen LogP contribution in [0.2, 0.25) is 0 Å². The van der Waals surface area contributed by atoms with Gasteiger partial charge in [-0.05, 0) is 50.2 Å². The van der Waals surface area contributed by atoms with E-state index >= 15 is 0 Å². The number of aromatic nitrogens is 1. The minimum absolute atomic E-state index is 0.0946. The van der Waals surface area contributed by atoms with E-state index < -0.39 is 22.1 Å². The normalized spacial score (nSPS) is 16.7. The Morgan fingerprint density at radius 2 is 1.94 bits per heavy atom. The van der Waals surface area contributed by atoms with E-state index in [1.807, 2.05) is 30.3 Å². The molecule has 8 nitrogen and oxygen atoms in total. The van der Waals surface area contributed by atoms with Crippen LogP contribution in [0.4, 0.5) is 10.1 Å². The molecule has 34 heavy (non-hydrogen) atoms. The zero-order chi connectivity index (χ0) is 24.6. The number of likely N-dealkylation sites (tertiary alicyclic amines) is 1. The van der Waals surface area contributed by atoms with Crippen LogP contribution in [-0.2, 0) is 21.2 Å². The van der Waals surface area contributed by atoms with Gasteiger partial charge in [-0.2, -0.15) is 4.72 Å². The summed E-state index contributed by atoms with van der Waals surface area (Å²) in [4.78, 5) is 18.3. The van der Waals surface area contributed by atoms with Gasteiger partial charge in [-0.3, -0.25) is 14.2 Å².